The highest BCUT2D eigenvalue weighted by atomic mass is 32.2. The van der Waals surface area contributed by atoms with Gasteiger partial charge in [0.05, 0.1) is 24.4 Å². The van der Waals surface area contributed by atoms with Crippen molar-refractivity contribution in [3.05, 3.63) is 24.3 Å². The normalized spacial score (nSPS) is 25.3. The molecule has 1 aromatic rings. The SMILES string of the molecule is CC(C)N1CCOC(CN2CCN(C(C)C(=O)N3CCSc4ccccc43)CC2)C1. The Balaban J connectivity index is 1.28. The minimum atomic E-state index is -0.0781. The number of piperazine rings is 1. The Hall–Kier alpha value is -1.12. The topological polar surface area (TPSA) is 39.3 Å². The van der Waals surface area contributed by atoms with Gasteiger partial charge in [0.15, 0.2) is 0 Å². The van der Waals surface area contributed by atoms with E-state index in [1.807, 2.05) is 22.7 Å². The van der Waals surface area contributed by atoms with Gasteiger partial charge in [0, 0.05) is 69.0 Å². The summed E-state index contributed by atoms with van der Waals surface area (Å²) in [5.41, 5.74) is 1.08. The average molecular weight is 433 g/mol. The maximum atomic E-state index is 13.3. The molecule has 3 heterocycles. The fourth-order valence-electron chi connectivity index (χ4n) is 4.72. The summed E-state index contributed by atoms with van der Waals surface area (Å²) in [5.74, 6) is 1.21. The molecular formula is C23H36N4O2S. The lowest BCUT2D eigenvalue weighted by atomic mass is 10.1. The molecule has 2 saturated heterocycles. The minimum Gasteiger partial charge on any atom is -0.374 e. The van der Waals surface area contributed by atoms with Crippen LogP contribution in [-0.2, 0) is 9.53 Å². The maximum absolute atomic E-state index is 13.3. The molecule has 166 valence electrons. The lowest BCUT2D eigenvalue weighted by Crippen LogP contribution is -2.57. The van der Waals surface area contributed by atoms with Crippen LogP contribution in [0.4, 0.5) is 5.69 Å². The number of hydrogen-bond acceptors (Lipinski definition) is 6. The number of amides is 1. The van der Waals surface area contributed by atoms with Crippen LogP contribution in [0, 0.1) is 0 Å². The molecule has 3 aliphatic rings. The molecule has 0 radical (unpaired) electrons. The van der Waals surface area contributed by atoms with Gasteiger partial charge >= 0.3 is 0 Å². The number of thioether (sulfide) groups is 1. The first-order valence-corrected chi connectivity index (χ1v) is 12.4. The predicted molar refractivity (Wildman–Crippen MR) is 123 cm³/mol. The Morgan fingerprint density at radius 3 is 2.60 bits per heavy atom. The van der Waals surface area contributed by atoms with Gasteiger partial charge in [0.1, 0.15) is 0 Å². The molecule has 1 aromatic carbocycles. The van der Waals surface area contributed by atoms with Gasteiger partial charge < -0.3 is 9.64 Å². The van der Waals surface area contributed by atoms with Crippen molar-refractivity contribution in [3.63, 3.8) is 0 Å². The van der Waals surface area contributed by atoms with E-state index in [1.165, 1.54) is 4.90 Å². The second-order valence-electron chi connectivity index (χ2n) is 8.90. The highest BCUT2D eigenvalue weighted by Crippen LogP contribution is 2.34. The Kier molecular flexibility index (Phi) is 7.36. The molecule has 30 heavy (non-hydrogen) atoms. The van der Waals surface area contributed by atoms with Crippen molar-refractivity contribution < 1.29 is 9.53 Å². The monoisotopic (exact) mass is 432 g/mol. The summed E-state index contributed by atoms with van der Waals surface area (Å²) < 4.78 is 6.03. The van der Waals surface area contributed by atoms with Crippen molar-refractivity contribution in [1.82, 2.24) is 14.7 Å². The summed E-state index contributed by atoms with van der Waals surface area (Å²) in [6.07, 6.45) is 0.300. The molecule has 6 nitrogen and oxygen atoms in total. The van der Waals surface area contributed by atoms with E-state index in [9.17, 15) is 4.79 Å². The summed E-state index contributed by atoms with van der Waals surface area (Å²) in [4.78, 5) is 23.9. The molecule has 4 rings (SSSR count). The average Bonchev–Trinajstić information content (AvgIpc) is 2.78. The van der Waals surface area contributed by atoms with Gasteiger partial charge in [-0.2, -0.15) is 0 Å². The lowest BCUT2D eigenvalue weighted by molar-refractivity contribution is -0.124. The number of carbonyl (C=O) groups excluding carboxylic acids is 1. The van der Waals surface area contributed by atoms with Crippen LogP contribution in [0.1, 0.15) is 20.8 Å². The number of morpholine rings is 1. The Labute approximate surface area is 185 Å². The van der Waals surface area contributed by atoms with Gasteiger partial charge in [-0.15, -0.1) is 11.8 Å². The van der Waals surface area contributed by atoms with Gasteiger partial charge in [0.2, 0.25) is 5.91 Å². The number of nitrogens with zero attached hydrogens (tertiary/aromatic N) is 4. The first kappa shape index (κ1) is 22.1. The molecule has 2 unspecified atom stereocenters. The number of anilines is 1. The molecule has 0 spiro atoms. The highest BCUT2D eigenvalue weighted by molar-refractivity contribution is 7.99. The molecule has 0 bridgehead atoms. The summed E-state index contributed by atoms with van der Waals surface area (Å²) in [7, 11) is 0. The third kappa shape index (κ3) is 5.02. The fourth-order valence-corrected chi connectivity index (χ4v) is 5.72. The largest absolute Gasteiger partial charge is 0.374 e. The molecule has 2 fully saturated rings. The van der Waals surface area contributed by atoms with Crippen LogP contribution in [-0.4, -0.2) is 104 Å². The molecule has 0 N–H and O–H groups in total. The van der Waals surface area contributed by atoms with E-state index in [1.54, 1.807) is 0 Å². The summed E-state index contributed by atoms with van der Waals surface area (Å²) in [6, 6.07) is 8.79. The third-order valence-electron chi connectivity index (χ3n) is 6.67. The second-order valence-corrected chi connectivity index (χ2v) is 10.0. The molecule has 0 aromatic heterocycles. The molecular weight excluding hydrogens is 396 g/mol. The summed E-state index contributed by atoms with van der Waals surface area (Å²) in [5, 5.41) is 0. The van der Waals surface area contributed by atoms with Crippen LogP contribution in [0.25, 0.3) is 0 Å². The number of ether oxygens (including phenoxy) is 1. The molecule has 0 saturated carbocycles. The van der Waals surface area contributed by atoms with Crippen LogP contribution in [0.2, 0.25) is 0 Å². The van der Waals surface area contributed by atoms with Gasteiger partial charge in [-0.05, 0) is 32.9 Å². The zero-order valence-electron chi connectivity index (χ0n) is 18.6. The van der Waals surface area contributed by atoms with Crippen LogP contribution < -0.4 is 4.90 Å². The number of benzene rings is 1. The maximum Gasteiger partial charge on any atom is 0.244 e. The van der Waals surface area contributed by atoms with E-state index in [4.69, 9.17) is 4.74 Å². The first-order chi connectivity index (χ1) is 14.5. The quantitative estimate of drug-likeness (QED) is 0.711. The van der Waals surface area contributed by atoms with E-state index < -0.39 is 0 Å². The zero-order valence-corrected chi connectivity index (χ0v) is 19.4. The standard InChI is InChI=1S/C23H36N4O2S/c1-18(2)26-12-14-29-20(17-26)16-24-8-10-25(11-9-24)19(3)23(28)27-13-15-30-22-7-5-4-6-21(22)27/h4-7,18-20H,8-17H2,1-3H3. The van der Waals surface area contributed by atoms with E-state index in [2.05, 4.69) is 53.7 Å². The second kappa shape index (κ2) is 10.0. The summed E-state index contributed by atoms with van der Waals surface area (Å²) >= 11 is 1.85. The van der Waals surface area contributed by atoms with Gasteiger partial charge in [-0.3, -0.25) is 19.5 Å². The molecule has 2 atom stereocenters. The van der Waals surface area contributed by atoms with Crippen LogP contribution in [0.15, 0.2) is 29.2 Å². The van der Waals surface area contributed by atoms with Crippen molar-refractivity contribution in [2.45, 2.75) is 43.9 Å². The minimum absolute atomic E-state index is 0.0781. The van der Waals surface area contributed by atoms with Crippen LogP contribution in [0.5, 0.6) is 0 Å². The number of hydrogen-bond donors (Lipinski definition) is 0. The smallest absolute Gasteiger partial charge is 0.244 e. The number of rotatable bonds is 5. The Bertz CT molecular complexity index is 723. The van der Waals surface area contributed by atoms with Gasteiger partial charge in [-0.1, -0.05) is 12.1 Å². The van der Waals surface area contributed by atoms with Crippen molar-refractivity contribution in [3.8, 4) is 0 Å². The van der Waals surface area contributed by atoms with Crippen molar-refractivity contribution in [1.29, 1.82) is 0 Å². The fraction of sp³-hybridized carbons (Fsp3) is 0.696. The van der Waals surface area contributed by atoms with E-state index >= 15 is 0 Å². The van der Waals surface area contributed by atoms with Crippen molar-refractivity contribution >= 4 is 23.4 Å². The molecule has 3 aliphatic heterocycles. The Morgan fingerprint density at radius 2 is 1.83 bits per heavy atom. The third-order valence-corrected chi connectivity index (χ3v) is 7.71. The number of fused-ring (bicyclic) bond motifs is 1. The predicted octanol–water partition coefficient (Wildman–Crippen LogP) is 2.24. The zero-order chi connectivity index (χ0) is 21.1. The number of para-hydroxylation sites is 1. The van der Waals surface area contributed by atoms with E-state index in [-0.39, 0.29) is 11.9 Å². The Morgan fingerprint density at radius 1 is 1.07 bits per heavy atom. The van der Waals surface area contributed by atoms with E-state index in [0.29, 0.717) is 12.1 Å². The molecule has 7 heteroatoms. The molecule has 1 amide bonds. The van der Waals surface area contributed by atoms with Crippen molar-refractivity contribution in [2.24, 2.45) is 0 Å². The number of carbonyl (C=O) groups is 1. The first-order valence-electron chi connectivity index (χ1n) is 11.4. The van der Waals surface area contributed by atoms with E-state index in [0.717, 1.165) is 70.4 Å². The van der Waals surface area contributed by atoms with Gasteiger partial charge in [0.25, 0.3) is 0 Å². The lowest BCUT2D eigenvalue weighted by Gasteiger charge is -2.42. The highest BCUT2D eigenvalue weighted by Gasteiger charge is 2.32. The molecule has 0 aliphatic carbocycles. The van der Waals surface area contributed by atoms with Crippen LogP contribution in [0.3, 0.4) is 0 Å². The van der Waals surface area contributed by atoms with Gasteiger partial charge in [-0.25, -0.2) is 0 Å². The van der Waals surface area contributed by atoms with Crippen molar-refractivity contribution in [2.75, 3.05) is 69.6 Å². The van der Waals surface area contributed by atoms with Crippen LogP contribution >= 0.6 is 11.8 Å². The summed E-state index contributed by atoms with van der Waals surface area (Å²) in [6.45, 7) is 15.2.